The summed E-state index contributed by atoms with van der Waals surface area (Å²) in [6.45, 7) is 0.478. The van der Waals surface area contributed by atoms with Gasteiger partial charge in [-0.1, -0.05) is 24.1 Å². The van der Waals surface area contributed by atoms with Crippen molar-refractivity contribution in [3.63, 3.8) is 0 Å². The fraction of sp³-hybridized carbons (Fsp3) is 0.571. The second kappa shape index (κ2) is 6.41. The Morgan fingerprint density at radius 2 is 2.06 bits per heavy atom. The molecule has 0 bridgehead atoms. The smallest absolute Gasteiger partial charge is 0.141 e. The maximum absolute atomic E-state index is 6.49. The minimum Gasteiger partial charge on any atom is -0.495 e. The zero-order chi connectivity index (χ0) is 13.0. The van der Waals surface area contributed by atoms with Crippen molar-refractivity contribution in [2.24, 2.45) is 5.90 Å². The van der Waals surface area contributed by atoms with Crippen molar-refractivity contribution in [3.05, 3.63) is 27.8 Å². The first-order valence-corrected chi connectivity index (χ1v) is 6.84. The third kappa shape index (κ3) is 2.79. The fourth-order valence-electron chi connectivity index (χ4n) is 2.64. The summed E-state index contributed by atoms with van der Waals surface area (Å²) in [5.74, 6) is 5.88. The van der Waals surface area contributed by atoms with Gasteiger partial charge in [0, 0.05) is 6.42 Å². The van der Waals surface area contributed by atoms with Gasteiger partial charge in [-0.2, -0.15) is 0 Å². The number of nitrogens with two attached hydrogens (primary N) is 1. The highest BCUT2D eigenvalue weighted by atomic mass is 35.5. The van der Waals surface area contributed by atoms with Crippen LogP contribution in [0.4, 0.5) is 0 Å². The summed E-state index contributed by atoms with van der Waals surface area (Å²) >= 11 is 6.49. The van der Waals surface area contributed by atoms with Crippen molar-refractivity contribution < 1.29 is 9.57 Å². The number of rotatable bonds is 4. The summed E-state index contributed by atoms with van der Waals surface area (Å²) in [5, 5.41) is 0.781. The van der Waals surface area contributed by atoms with Crippen molar-refractivity contribution in [3.8, 4) is 5.75 Å². The van der Waals surface area contributed by atoms with Crippen LogP contribution >= 0.6 is 11.6 Å². The molecule has 3 nitrogen and oxygen atoms in total. The molecule has 18 heavy (non-hydrogen) atoms. The van der Waals surface area contributed by atoms with Crippen LogP contribution in [-0.4, -0.2) is 13.7 Å². The third-order valence-corrected chi connectivity index (χ3v) is 3.96. The molecule has 0 radical (unpaired) electrons. The third-order valence-electron chi connectivity index (χ3n) is 3.56. The van der Waals surface area contributed by atoms with E-state index in [0.29, 0.717) is 6.61 Å². The maximum Gasteiger partial charge on any atom is 0.141 e. The number of benzene rings is 1. The Balaban J connectivity index is 2.41. The van der Waals surface area contributed by atoms with E-state index in [0.717, 1.165) is 35.6 Å². The zero-order valence-electron chi connectivity index (χ0n) is 10.8. The van der Waals surface area contributed by atoms with E-state index in [1.807, 2.05) is 0 Å². The molecule has 0 spiro atoms. The van der Waals surface area contributed by atoms with E-state index >= 15 is 0 Å². The number of methoxy groups -OCH3 is 1. The SMILES string of the molecule is COc1c(CCON)cc2c(c1Cl)CCCCC2. The highest BCUT2D eigenvalue weighted by Gasteiger charge is 2.18. The molecule has 0 aliphatic heterocycles. The normalized spacial score (nSPS) is 15.1. The summed E-state index contributed by atoms with van der Waals surface area (Å²) in [6.07, 6.45) is 6.61. The molecule has 1 aliphatic rings. The molecular formula is C14H20ClNO2. The summed E-state index contributed by atoms with van der Waals surface area (Å²) < 4.78 is 5.45. The van der Waals surface area contributed by atoms with Crippen molar-refractivity contribution >= 4 is 11.6 Å². The van der Waals surface area contributed by atoms with Gasteiger partial charge in [-0.3, -0.25) is 0 Å². The number of hydrogen-bond acceptors (Lipinski definition) is 3. The average molecular weight is 270 g/mol. The molecule has 1 aromatic carbocycles. The predicted octanol–water partition coefficient (Wildman–Crippen LogP) is 3.05. The molecule has 100 valence electrons. The van der Waals surface area contributed by atoms with E-state index in [9.17, 15) is 0 Å². The second-order valence-electron chi connectivity index (χ2n) is 4.70. The van der Waals surface area contributed by atoms with Crippen molar-refractivity contribution in [2.75, 3.05) is 13.7 Å². The first-order valence-electron chi connectivity index (χ1n) is 6.46. The Hall–Kier alpha value is -0.770. The Kier molecular flexibility index (Phi) is 4.87. The van der Waals surface area contributed by atoms with Gasteiger partial charge in [-0.05, 0) is 42.4 Å². The summed E-state index contributed by atoms with van der Waals surface area (Å²) in [6, 6.07) is 2.21. The van der Waals surface area contributed by atoms with Crippen LogP contribution < -0.4 is 10.6 Å². The van der Waals surface area contributed by atoms with Crippen LogP contribution in [0.1, 0.15) is 36.0 Å². The Morgan fingerprint density at radius 3 is 2.78 bits per heavy atom. The lowest BCUT2D eigenvalue weighted by molar-refractivity contribution is 0.140. The quantitative estimate of drug-likeness (QED) is 0.675. The van der Waals surface area contributed by atoms with E-state index < -0.39 is 0 Å². The van der Waals surface area contributed by atoms with Crippen LogP contribution in [0, 0.1) is 0 Å². The van der Waals surface area contributed by atoms with Gasteiger partial charge in [0.05, 0.1) is 18.7 Å². The molecule has 0 saturated carbocycles. The number of hydrogen-bond donors (Lipinski definition) is 1. The highest BCUT2D eigenvalue weighted by Crippen LogP contribution is 2.37. The van der Waals surface area contributed by atoms with Gasteiger partial charge in [0.2, 0.25) is 0 Å². The van der Waals surface area contributed by atoms with Crippen molar-refractivity contribution in [1.29, 1.82) is 0 Å². The first-order chi connectivity index (χ1) is 8.77. The van der Waals surface area contributed by atoms with Crippen LogP contribution in [0.2, 0.25) is 5.02 Å². The Labute approximate surface area is 113 Å². The summed E-state index contributed by atoms with van der Waals surface area (Å²) in [7, 11) is 1.66. The summed E-state index contributed by atoms with van der Waals surface area (Å²) in [5.41, 5.74) is 3.72. The molecule has 0 atom stereocenters. The maximum atomic E-state index is 6.49. The molecule has 0 unspecified atom stereocenters. The lowest BCUT2D eigenvalue weighted by Gasteiger charge is -2.16. The number of aryl methyl sites for hydroxylation is 1. The topological polar surface area (TPSA) is 44.5 Å². The lowest BCUT2D eigenvalue weighted by Crippen LogP contribution is -2.07. The number of halogens is 1. The lowest BCUT2D eigenvalue weighted by atomic mass is 9.97. The van der Waals surface area contributed by atoms with Gasteiger partial charge in [0.1, 0.15) is 5.75 Å². The van der Waals surface area contributed by atoms with Crippen molar-refractivity contribution in [2.45, 2.75) is 38.5 Å². The molecule has 4 heteroatoms. The molecule has 0 aromatic heterocycles. The van der Waals surface area contributed by atoms with E-state index in [4.69, 9.17) is 22.2 Å². The van der Waals surface area contributed by atoms with Gasteiger partial charge in [0.25, 0.3) is 0 Å². The Bertz CT molecular complexity index is 421. The molecule has 0 heterocycles. The van der Waals surface area contributed by atoms with Crippen LogP contribution in [0.5, 0.6) is 5.75 Å². The number of fused-ring (bicyclic) bond motifs is 1. The molecular weight excluding hydrogens is 250 g/mol. The van der Waals surface area contributed by atoms with Crippen LogP contribution in [0.15, 0.2) is 6.07 Å². The monoisotopic (exact) mass is 269 g/mol. The largest absolute Gasteiger partial charge is 0.495 e. The van der Waals surface area contributed by atoms with E-state index in [-0.39, 0.29) is 0 Å². The molecule has 2 rings (SSSR count). The molecule has 0 amide bonds. The number of ether oxygens (including phenoxy) is 1. The molecule has 0 fully saturated rings. The van der Waals surface area contributed by atoms with E-state index in [2.05, 4.69) is 10.9 Å². The van der Waals surface area contributed by atoms with Gasteiger partial charge in [-0.15, -0.1) is 0 Å². The molecule has 0 saturated heterocycles. The van der Waals surface area contributed by atoms with Gasteiger partial charge < -0.3 is 9.57 Å². The van der Waals surface area contributed by atoms with E-state index in [1.54, 1.807) is 7.11 Å². The highest BCUT2D eigenvalue weighted by molar-refractivity contribution is 6.33. The van der Waals surface area contributed by atoms with Gasteiger partial charge in [0.15, 0.2) is 0 Å². The van der Waals surface area contributed by atoms with E-state index in [1.165, 1.54) is 30.4 Å². The van der Waals surface area contributed by atoms with Gasteiger partial charge in [-0.25, -0.2) is 5.90 Å². The van der Waals surface area contributed by atoms with Gasteiger partial charge >= 0.3 is 0 Å². The molecule has 1 aromatic rings. The predicted molar refractivity (Wildman–Crippen MR) is 73.1 cm³/mol. The second-order valence-corrected chi connectivity index (χ2v) is 5.08. The standard InChI is InChI=1S/C14H20ClNO2/c1-17-14-11(7-8-18-16)9-10-5-3-2-4-6-12(10)13(14)15/h9H,2-8,16H2,1H3. The fourth-order valence-corrected chi connectivity index (χ4v) is 3.06. The molecule has 2 N–H and O–H groups in total. The minimum absolute atomic E-state index is 0.478. The van der Waals surface area contributed by atoms with Crippen LogP contribution in [0.3, 0.4) is 0 Å². The first kappa shape index (κ1) is 13.7. The van der Waals surface area contributed by atoms with Crippen LogP contribution in [0.25, 0.3) is 0 Å². The minimum atomic E-state index is 0.478. The zero-order valence-corrected chi connectivity index (χ0v) is 11.6. The Morgan fingerprint density at radius 1 is 1.28 bits per heavy atom. The van der Waals surface area contributed by atoms with Crippen LogP contribution in [-0.2, 0) is 24.1 Å². The molecule has 1 aliphatic carbocycles. The van der Waals surface area contributed by atoms with Crippen molar-refractivity contribution in [1.82, 2.24) is 0 Å². The average Bonchev–Trinajstić information content (AvgIpc) is 2.62. The summed E-state index contributed by atoms with van der Waals surface area (Å²) in [4.78, 5) is 4.66.